The van der Waals surface area contributed by atoms with Gasteiger partial charge >= 0.3 is 5.97 Å². The number of ketones is 1. The highest BCUT2D eigenvalue weighted by Gasteiger charge is 2.35. The second kappa shape index (κ2) is 14.0. The van der Waals surface area contributed by atoms with Gasteiger partial charge in [0, 0.05) is 12.8 Å². The van der Waals surface area contributed by atoms with Crippen LogP contribution in [0, 0.1) is 0 Å². The maximum atomic E-state index is 11.3. The van der Waals surface area contributed by atoms with E-state index in [1.807, 2.05) is 6.92 Å². The summed E-state index contributed by atoms with van der Waals surface area (Å²) in [5.74, 6) is -1.22. The molecule has 0 aromatic carbocycles. The first-order valence-electron chi connectivity index (χ1n) is 10.7. The molecular weight excluding hydrogens is 364 g/mol. The van der Waals surface area contributed by atoms with Gasteiger partial charge in [0.25, 0.3) is 0 Å². The number of rotatable bonds is 15. The molecular formula is C21H38O7. The topological polar surface area (TPSA) is 113 Å². The highest BCUT2D eigenvalue weighted by atomic mass is 16.7. The van der Waals surface area contributed by atoms with Gasteiger partial charge in [-0.25, -0.2) is 0 Å². The van der Waals surface area contributed by atoms with E-state index in [1.54, 1.807) is 6.92 Å². The van der Waals surface area contributed by atoms with Crippen molar-refractivity contribution in [3.8, 4) is 0 Å². The molecule has 0 saturated carbocycles. The van der Waals surface area contributed by atoms with E-state index in [9.17, 15) is 19.8 Å². The third-order valence-electron chi connectivity index (χ3n) is 5.22. The molecule has 0 aromatic rings. The number of ether oxygens (including phenoxy) is 2. The normalized spacial score (nSPS) is 26.1. The molecule has 1 fully saturated rings. The lowest BCUT2D eigenvalue weighted by Crippen LogP contribution is -2.48. The van der Waals surface area contributed by atoms with Gasteiger partial charge in [0.2, 0.25) is 0 Å². The van der Waals surface area contributed by atoms with Gasteiger partial charge in [-0.1, -0.05) is 44.9 Å². The van der Waals surface area contributed by atoms with E-state index < -0.39 is 24.5 Å². The summed E-state index contributed by atoms with van der Waals surface area (Å²) >= 11 is 0. The van der Waals surface area contributed by atoms with Gasteiger partial charge in [0.1, 0.15) is 18.3 Å². The van der Waals surface area contributed by atoms with Crippen molar-refractivity contribution in [2.45, 2.75) is 122 Å². The number of hydrogen-bond donors (Lipinski definition) is 3. The minimum atomic E-state index is -1.04. The lowest BCUT2D eigenvalue weighted by atomic mass is 10.0. The van der Waals surface area contributed by atoms with Crippen molar-refractivity contribution < 1.29 is 34.4 Å². The Balaban J connectivity index is 1.94. The van der Waals surface area contributed by atoms with Crippen LogP contribution in [-0.2, 0) is 19.1 Å². The van der Waals surface area contributed by atoms with Gasteiger partial charge < -0.3 is 24.8 Å². The number of carboxylic acid groups (broad SMARTS) is 1. The Hall–Kier alpha value is -1.02. The first-order chi connectivity index (χ1) is 13.3. The maximum Gasteiger partial charge on any atom is 0.310 e. The number of carboxylic acids is 1. The van der Waals surface area contributed by atoms with Crippen molar-refractivity contribution in [2.75, 3.05) is 0 Å². The molecule has 164 valence electrons. The molecule has 0 spiro atoms. The van der Waals surface area contributed by atoms with Crippen molar-refractivity contribution in [2.24, 2.45) is 0 Å². The highest BCUT2D eigenvalue weighted by Crippen LogP contribution is 2.23. The molecule has 0 radical (unpaired) electrons. The molecule has 7 nitrogen and oxygen atoms in total. The minimum Gasteiger partial charge on any atom is -0.481 e. The third-order valence-corrected chi connectivity index (χ3v) is 5.22. The van der Waals surface area contributed by atoms with Crippen LogP contribution in [0.1, 0.15) is 90.9 Å². The largest absolute Gasteiger partial charge is 0.481 e. The summed E-state index contributed by atoms with van der Waals surface area (Å²) in [7, 11) is 0. The molecule has 1 aliphatic rings. The second-order valence-electron chi connectivity index (χ2n) is 8.00. The summed E-state index contributed by atoms with van der Waals surface area (Å²) in [4.78, 5) is 21.7. The third kappa shape index (κ3) is 11.1. The molecule has 3 N–H and O–H groups in total. The minimum absolute atomic E-state index is 0.00503. The number of carbonyl (C=O) groups excluding carboxylic acids is 1. The van der Waals surface area contributed by atoms with Crippen LogP contribution >= 0.6 is 0 Å². The van der Waals surface area contributed by atoms with Gasteiger partial charge in [0.15, 0.2) is 6.29 Å². The number of carbonyl (C=O) groups is 2. The summed E-state index contributed by atoms with van der Waals surface area (Å²) in [6.07, 6.45) is 7.33. The van der Waals surface area contributed by atoms with Gasteiger partial charge in [-0.05, 0) is 26.7 Å². The lowest BCUT2D eigenvalue weighted by Gasteiger charge is -2.36. The van der Waals surface area contributed by atoms with Crippen LogP contribution < -0.4 is 0 Å². The zero-order chi connectivity index (χ0) is 20.9. The summed E-state index contributed by atoms with van der Waals surface area (Å²) in [5.41, 5.74) is 0. The lowest BCUT2D eigenvalue weighted by molar-refractivity contribution is -0.273. The van der Waals surface area contributed by atoms with Crippen molar-refractivity contribution in [3.05, 3.63) is 0 Å². The number of aliphatic hydroxyl groups is 2. The van der Waals surface area contributed by atoms with Crippen LogP contribution in [0.15, 0.2) is 0 Å². The fraction of sp³-hybridized carbons (Fsp3) is 0.905. The molecule has 0 aromatic heterocycles. The Kier molecular flexibility index (Phi) is 12.5. The van der Waals surface area contributed by atoms with Gasteiger partial charge in [-0.2, -0.15) is 0 Å². The molecule has 1 saturated heterocycles. The summed E-state index contributed by atoms with van der Waals surface area (Å²) < 4.78 is 11.3. The molecule has 1 aliphatic heterocycles. The van der Waals surface area contributed by atoms with E-state index in [0.29, 0.717) is 6.42 Å². The molecule has 7 heteroatoms. The molecule has 0 amide bonds. The first-order valence-corrected chi connectivity index (χ1v) is 10.7. The molecule has 5 atom stereocenters. The van der Waals surface area contributed by atoms with E-state index >= 15 is 0 Å². The molecule has 0 aliphatic carbocycles. The van der Waals surface area contributed by atoms with Crippen LogP contribution in [0.3, 0.4) is 0 Å². The van der Waals surface area contributed by atoms with E-state index in [4.69, 9.17) is 14.6 Å². The zero-order valence-electron chi connectivity index (χ0n) is 17.3. The highest BCUT2D eigenvalue weighted by molar-refractivity contribution is 5.94. The first kappa shape index (κ1) is 25.0. The van der Waals surface area contributed by atoms with Crippen LogP contribution in [0.25, 0.3) is 0 Å². The fourth-order valence-electron chi connectivity index (χ4n) is 3.43. The molecule has 28 heavy (non-hydrogen) atoms. The van der Waals surface area contributed by atoms with Crippen LogP contribution in [0.4, 0.5) is 0 Å². The summed E-state index contributed by atoms with van der Waals surface area (Å²) in [5, 5.41) is 28.1. The van der Waals surface area contributed by atoms with E-state index in [-0.39, 0.29) is 30.8 Å². The van der Waals surface area contributed by atoms with Crippen molar-refractivity contribution in [3.63, 3.8) is 0 Å². The summed E-state index contributed by atoms with van der Waals surface area (Å²) in [6.45, 7) is 3.77. The van der Waals surface area contributed by atoms with Crippen LogP contribution in [-0.4, -0.2) is 57.8 Å². The van der Waals surface area contributed by atoms with Crippen molar-refractivity contribution >= 4 is 11.8 Å². The maximum absolute atomic E-state index is 11.3. The van der Waals surface area contributed by atoms with Crippen molar-refractivity contribution in [1.82, 2.24) is 0 Å². The Labute approximate surface area is 168 Å². The Morgan fingerprint density at radius 2 is 1.57 bits per heavy atom. The number of unbranched alkanes of at least 4 members (excludes halogenated alkanes) is 7. The van der Waals surface area contributed by atoms with Crippen molar-refractivity contribution in [1.29, 1.82) is 0 Å². The fourth-order valence-corrected chi connectivity index (χ4v) is 3.43. The smallest absolute Gasteiger partial charge is 0.310 e. The predicted octanol–water partition coefficient (Wildman–Crippen LogP) is 3.19. The zero-order valence-corrected chi connectivity index (χ0v) is 17.3. The molecule has 0 bridgehead atoms. The predicted molar refractivity (Wildman–Crippen MR) is 105 cm³/mol. The second-order valence-corrected chi connectivity index (χ2v) is 8.00. The molecule has 1 rings (SSSR count). The van der Waals surface area contributed by atoms with E-state index in [1.165, 1.54) is 0 Å². The Morgan fingerprint density at radius 3 is 2.18 bits per heavy atom. The quantitative estimate of drug-likeness (QED) is 0.285. The monoisotopic (exact) mass is 402 g/mol. The average Bonchev–Trinajstić information content (AvgIpc) is 2.60. The van der Waals surface area contributed by atoms with Gasteiger partial charge in [0.05, 0.1) is 18.3 Å². The van der Waals surface area contributed by atoms with Gasteiger partial charge in [-0.3, -0.25) is 9.59 Å². The van der Waals surface area contributed by atoms with Crippen LogP contribution in [0.5, 0.6) is 0 Å². The number of hydrogen-bond acceptors (Lipinski definition) is 6. The molecule has 1 heterocycles. The summed E-state index contributed by atoms with van der Waals surface area (Å²) in [6, 6.07) is 0. The number of Topliss-reactive ketones (excluding diaryl/α,β-unsaturated/α-hetero) is 1. The SMILES string of the molecule is C[C@H](CCCCCCCCCCC(=O)CC(=O)O)O[C@@H]1O[C@@H](C)[C@H](O)C[C@H]1O. The molecule has 0 unspecified atom stereocenters. The Morgan fingerprint density at radius 1 is 1.00 bits per heavy atom. The number of aliphatic carboxylic acids is 1. The van der Waals surface area contributed by atoms with Gasteiger partial charge in [-0.15, -0.1) is 0 Å². The average molecular weight is 403 g/mol. The van der Waals surface area contributed by atoms with Crippen LogP contribution in [0.2, 0.25) is 0 Å². The van der Waals surface area contributed by atoms with E-state index in [0.717, 1.165) is 57.8 Å². The standard InChI is InChI=1S/C21H38O7/c1-15(27-21-19(24)14-18(23)16(2)28-21)11-9-7-5-3-4-6-8-10-12-17(22)13-20(25)26/h15-16,18-19,21,23-24H,3-14H2,1-2H3,(H,25,26)/t15-,16+,18-,19-,21-/m1/s1. The van der Waals surface area contributed by atoms with E-state index in [2.05, 4.69) is 0 Å². The number of aliphatic hydroxyl groups excluding tert-OH is 2. The Bertz CT molecular complexity index is 454.